The number of ether oxygens (including phenoxy) is 2. The topological polar surface area (TPSA) is 38.7 Å². The van der Waals surface area contributed by atoms with Crippen LogP contribution in [0.1, 0.15) is 5.56 Å². The molecule has 0 saturated carbocycles. The van der Waals surface area contributed by atoms with Gasteiger partial charge in [-0.25, -0.2) is 0 Å². The molecule has 4 heteroatoms. The minimum atomic E-state index is -0.875. The number of hydrogen-bond donors (Lipinski definition) is 1. The molecular formula is C21H17BrO3. The number of benzene rings is 3. The molecule has 0 radical (unpaired) electrons. The van der Waals surface area contributed by atoms with Crippen LogP contribution in [0, 0.1) is 11.8 Å². The molecule has 0 spiro atoms. The second-order valence-electron chi connectivity index (χ2n) is 5.42. The Bertz CT molecular complexity index is 923. The van der Waals surface area contributed by atoms with Crippen molar-refractivity contribution < 1.29 is 14.6 Å². The summed E-state index contributed by atoms with van der Waals surface area (Å²) < 4.78 is 11.7. The molecule has 0 fully saturated rings. The molecule has 0 aliphatic rings. The van der Waals surface area contributed by atoms with Crippen molar-refractivity contribution >= 4 is 26.7 Å². The van der Waals surface area contributed by atoms with E-state index in [-0.39, 0.29) is 6.61 Å². The van der Waals surface area contributed by atoms with Crippen LogP contribution >= 0.6 is 15.9 Å². The fourth-order valence-corrected chi connectivity index (χ4v) is 2.98. The molecule has 0 aliphatic carbocycles. The average molecular weight is 397 g/mol. The van der Waals surface area contributed by atoms with Gasteiger partial charge in [-0.05, 0) is 57.0 Å². The molecule has 0 amide bonds. The minimum absolute atomic E-state index is 0.0973. The van der Waals surface area contributed by atoms with E-state index < -0.39 is 6.10 Å². The van der Waals surface area contributed by atoms with E-state index in [1.54, 1.807) is 7.11 Å². The third kappa shape index (κ3) is 4.33. The Kier molecular flexibility index (Phi) is 5.60. The number of aliphatic hydroxyl groups is 1. The molecule has 3 aromatic carbocycles. The number of methoxy groups -OCH3 is 1. The third-order valence-electron chi connectivity index (χ3n) is 3.70. The first-order valence-corrected chi connectivity index (χ1v) is 8.60. The first-order chi connectivity index (χ1) is 12.2. The summed E-state index contributed by atoms with van der Waals surface area (Å²) in [6, 6.07) is 19.3. The van der Waals surface area contributed by atoms with Gasteiger partial charge in [0.25, 0.3) is 0 Å². The molecule has 0 aromatic heterocycles. The van der Waals surface area contributed by atoms with Gasteiger partial charge in [0.05, 0.1) is 11.6 Å². The molecule has 1 atom stereocenters. The van der Waals surface area contributed by atoms with Crippen LogP contribution in [0.25, 0.3) is 10.8 Å². The Labute approximate surface area is 155 Å². The average Bonchev–Trinajstić information content (AvgIpc) is 2.66. The minimum Gasteiger partial charge on any atom is -0.497 e. The molecule has 0 saturated heterocycles. The number of aliphatic hydroxyl groups excluding tert-OH is 1. The van der Waals surface area contributed by atoms with Crippen molar-refractivity contribution in [2.75, 3.05) is 13.7 Å². The van der Waals surface area contributed by atoms with Crippen molar-refractivity contribution in [3.63, 3.8) is 0 Å². The lowest BCUT2D eigenvalue weighted by Gasteiger charge is -2.11. The maximum Gasteiger partial charge on any atom is 0.148 e. The van der Waals surface area contributed by atoms with Crippen molar-refractivity contribution in [1.82, 2.24) is 0 Å². The summed E-state index contributed by atoms with van der Waals surface area (Å²) in [6.07, 6.45) is -0.875. The Balaban J connectivity index is 1.65. The molecule has 0 heterocycles. The lowest BCUT2D eigenvalue weighted by Crippen LogP contribution is -2.15. The number of halogens is 1. The number of rotatable bonds is 4. The monoisotopic (exact) mass is 396 g/mol. The van der Waals surface area contributed by atoms with Gasteiger partial charge in [-0.15, -0.1) is 0 Å². The van der Waals surface area contributed by atoms with Gasteiger partial charge < -0.3 is 14.6 Å². The highest BCUT2D eigenvalue weighted by Crippen LogP contribution is 2.33. The predicted octanol–water partition coefficient (Wildman–Crippen LogP) is 4.40. The first-order valence-electron chi connectivity index (χ1n) is 7.81. The van der Waals surface area contributed by atoms with Gasteiger partial charge in [0.15, 0.2) is 0 Å². The van der Waals surface area contributed by atoms with E-state index in [2.05, 4.69) is 27.8 Å². The van der Waals surface area contributed by atoms with E-state index in [0.29, 0.717) is 5.75 Å². The van der Waals surface area contributed by atoms with Crippen LogP contribution in [0.3, 0.4) is 0 Å². The lowest BCUT2D eigenvalue weighted by molar-refractivity contribution is 0.151. The fourth-order valence-electron chi connectivity index (χ4n) is 2.38. The van der Waals surface area contributed by atoms with Gasteiger partial charge in [0, 0.05) is 5.56 Å². The summed E-state index contributed by atoms with van der Waals surface area (Å²) >= 11 is 3.57. The van der Waals surface area contributed by atoms with E-state index in [9.17, 15) is 5.11 Å². The van der Waals surface area contributed by atoms with E-state index in [4.69, 9.17) is 9.47 Å². The Morgan fingerprint density at radius 2 is 1.80 bits per heavy atom. The highest BCUT2D eigenvalue weighted by atomic mass is 79.9. The quantitative estimate of drug-likeness (QED) is 0.664. The lowest BCUT2D eigenvalue weighted by atomic mass is 10.1. The summed E-state index contributed by atoms with van der Waals surface area (Å²) in [7, 11) is 1.62. The normalized spacial score (nSPS) is 11.5. The highest BCUT2D eigenvalue weighted by molar-refractivity contribution is 9.10. The standard InChI is InChI=1S/C21H17BrO3/c1-24-18-11-7-15(8-12-18)6-10-17(23)14-25-20-13-9-16-4-2-3-5-19(16)21(20)22/h2-5,7-9,11-13,17,23H,14H2,1H3. The molecule has 1 N–H and O–H groups in total. The summed E-state index contributed by atoms with van der Waals surface area (Å²) in [5.74, 6) is 7.17. The predicted molar refractivity (Wildman–Crippen MR) is 103 cm³/mol. The van der Waals surface area contributed by atoms with Gasteiger partial charge in [-0.2, -0.15) is 0 Å². The maximum atomic E-state index is 10.0. The van der Waals surface area contributed by atoms with Crippen LogP contribution < -0.4 is 9.47 Å². The molecule has 1 unspecified atom stereocenters. The number of hydrogen-bond acceptors (Lipinski definition) is 3. The van der Waals surface area contributed by atoms with Crippen molar-refractivity contribution in [2.45, 2.75) is 6.10 Å². The van der Waals surface area contributed by atoms with Crippen LogP contribution in [0.2, 0.25) is 0 Å². The maximum absolute atomic E-state index is 10.0. The van der Waals surface area contributed by atoms with Crippen LogP contribution in [-0.2, 0) is 0 Å². The van der Waals surface area contributed by atoms with Crippen LogP contribution in [0.15, 0.2) is 65.1 Å². The molecule has 126 valence electrons. The summed E-state index contributed by atoms with van der Waals surface area (Å²) in [5.41, 5.74) is 0.812. The number of fused-ring (bicyclic) bond motifs is 1. The van der Waals surface area contributed by atoms with E-state index in [1.807, 2.05) is 60.7 Å². The molecule has 3 nitrogen and oxygen atoms in total. The SMILES string of the molecule is COc1ccc(C#CC(O)COc2ccc3ccccc3c2Br)cc1. The highest BCUT2D eigenvalue weighted by Gasteiger charge is 2.08. The Morgan fingerprint density at radius 1 is 1.04 bits per heavy atom. The summed E-state index contributed by atoms with van der Waals surface area (Å²) in [4.78, 5) is 0. The Morgan fingerprint density at radius 3 is 2.56 bits per heavy atom. The molecule has 25 heavy (non-hydrogen) atoms. The van der Waals surface area contributed by atoms with Crippen LogP contribution in [-0.4, -0.2) is 24.9 Å². The van der Waals surface area contributed by atoms with Crippen molar-refractivity contribution in [3.05, 3.63) is 70.7 Å². The molecule has 0 aliphatic heterocycles. The van der Waals surface area contributed by atoms with Gasteiger partial charge in [0.1, 0.15) is 24.2 Å². The van der Waals surface area contributed by atoms with Gasteiger partial charge >= 0.3 is 0 Å². The molecule has 0 bridgehead atoms. The van der Waals surface area contributed by atoms with Gasteiger partial charge in [-0.1, -0.05) is 42.2 Å². The van der Waals surface area contributed by atoms with Crippen molar-refractivity contribution in [3.8, 4) is 23.3 Å². The van der Waals surface area contributed by atoms with Crippen LogP contribution in [0.5, 0.6) is 11.5 Å². The van der Waals surface area contributed by atoms with E-state index in [1.165, 1.54) is 0 Å². The largest absolute Gasteiger partial charge is 0.497 e. The Hall–Kier alpha value is -2.48. The summed E-state index contributed by atoms with van der Waals surface area (Å²) in [6.45, 7) is 0.0973. The van der Waals surface area contributed by atoms with E-state index in [0.717, 1.165) is 26.6 Å². The fraction of sp³-hybridized carbons (Fsp3) is 0.143. The third-order valence-corrected chi connectivity index (χ3v) is 4.52. The smallest absolute Gasteiger partial charge is 0.148 e. The van der Waals surface area contributed by atoms with E-state index >= 15 is 0 Å². The summed E-state index contributed by atoms with van der Waals surface area (Å²) in [5, 5.41) is 12.2. The molecular weight excluding hydrogens is 380 g/mol. The van der Waals surface area contributed by atoms with Crippen LogP contribution in [0.4, 0.5) is 0 Å². The van der Waals surface area contributed by atoms with Crippen molar-refractivity contribution in [2.24, 2.45) is 0 Å². The zero-order valence-corrected chi connectivity index (χ0v) is 15.3. The first kappa shape index (κ1) is 17.3. The zero-order valence-electron chi connectivity index (χ0n) is 13.7. The molecule has 3 rings (SSSR count). The van der Waals surface area contributed by atoms with Crippen molar-refractivity contribution in [1.29, 1.82) is 0 Å². The zero-order chi connectivity index (χ0) is 17.6. The second-order valence-corrected chi connectivity index (χ2v) is 6.22. The molecule has 3 aromatic rings. The van der Waals surface area contributed by atoms with Gasteiger partial charge in [-0.3, -0.25) is 0 Å². The van der Waals surface area contributed by atoms with Gasteiger partial charge in [0.2, 0.25) is 0 Å². The second kappa shape index (κ2) is 8.06.